The van der Waals surface area contributed by atoms with Gasteiger partial charge in [0.1, 0.15) is 0 Å². The zero-order chi connectivity index (χ0) is 16.3. The van der Waals surface area contributed by atoms with E-state index in [0.717, 1.165) is 18.4 Å². The molecule has 0 aliphatic rings. The van der Waals surface area contributed by atoms with Crippen LogP contribution in [0.4, 0.5) is 0 Å². The van der Waals surface area contributed by atoms with Gasteiger partial charge in [-0.25, -0.2) is 0 Å². The van der Waals surface area contributed by atoms with Crippen LogP contribution >= 0.6 is 0 Å². The van der Waals surface area contributed by atoms with Crippen molar-refractivity contribution in [3.63, 3.8) is 0 Å². The average molecular weight is 312 g/mol. The van der Waals surface area contributed by atoms with E-state index in [1.165, 1.54) is 5.56 Å². The Labute approximate surface area is 137 Å². The SMILES string of the molecule is CC(OCCCNC(=O)CCc1cccnc1)c1ccccc1. The van der Waals surface area contributed by atoms with E-state index in [0.29, 0.717) is 19.6 Å². The molecule has 0 fully saturated rings. The number of nitrogens with one attached hydrogen (secondary N) is 1. The number of ether oxygens (including phenoxy) is 1. The van der Waals surface area contributed by atoms with Crippen molar-refractivity contribution >= 4 is 5.91 Å². The summed E-state index contributed by atoms with van der Waals surface area (Å²) >= 11 is 0. The molecule has 0 aliphatic heterocycles. The first-order valence-electron chi connectivity index (χ1n) is 8.08. The molecular weight excluding hydrogens is 288 g/mol. The minimum absolute atomic E-state index is 0.0740. The normalized spacial score (nSPS) is 11.9. The molecule has 0 aliphatic carbocycles. The van der Waals surface area contributed by atoms with Crippen molar-refractivity contribution in [2.24, 2.45) is 0 Å². The van der Waals surface area contributed by atoms with Crippen LogP contribution in [0.25, 0.3) is 0 Å². The topological polar surface area (TPSA) is 51.2 Å². The zero-order valence-electron chi connectivity index (χ0n) is 13.6. The number of amides is 1. The van der Waals surface area contributed by atoms with Crippen LogP contribution in [0.5, 0.6) is 0 Å². The van der Waals surface area contributed by atoms with E-state index >= 15 is 0 Å². The van der Waals surface area contributed by atoms with Crippen molar-refractivity contribution < 1.29 is 9.53 Å². The van der Waals surface area contributed by atoms with Gasteiger partial charge in [0.15, 0.2) is 0 Å². The van der Waals surface area contributed by atoms with Crippen molar-refractivity contribution in [3.8, 4) is 0 Å². The minimum atomic E-state index is 0.0740. The molecule has 1 heterocycles. The van der Waals surface area contributed by atoms with Gasteiger partial charge in [-0.15, -0.1) is 0 Å². The summed E-state index contributed by atoms with van der Waals surface area (Å²) in [6, 6.07) is 14.0. The Morgan fingerprint density at radius 3 is 2.78 bits per heavy atom. The second-order valence-corrected chi connectivity index (χ2v) is 5.49. The molecule has 1 aromatic carbocycles. The van der Waals surface area contributed by atoms with Gasteiger partial charge in [0.05, 0.1) is 6.10 Å². The Morgan fingerprint density at radius 2 is 2.04 bits per heavy atom. The van der Waals surface area contributed by atoms with Gasteiger partial charge in [-0.1, -0.05) is 36.4 Å². The number of hydrogen-bond acceptors (Lipinski definition) is 3. The summed E-state index contributed by atoms with van der Waals surface area (Å²) in [5.74, 6) is 0.0740. The van der Waals surface area contributed by atoms with Crippen LogP contribution in [0.3, 0.4) is 0 Å². The molecular formula is C19H24N2O2. The summed E-state index contributed by atoms with van der Waals surface area (Å²) in [7, 11) is 0. The van der Waals surface area contributed by atoms with Crippen LogP contribution in [0.2, 0.25) is 0 Å². The van der Waals surface area contributed by atoms with Gasteiger partial charge in [-0.2, -0.15) is 0 Å². The van der Waals surface area contributed by atoms with E-state index in [-0.39, 0.29) is 12.0 Å². The number of carbonyl (C=O) groups is 1. The molecule has 0 saturated heterocycles. The number of nitrogens with zero attached hydrogens (tertiary/aromatic N) is 1. The van der Waals surface area contributed by atoms with E-state index in [1.54, 1.807) is 12.4 Å². The summed E-state index contributed by atoms with van der Waals surface area (Å²) in [4.78, 5) is 15.8. The number of rotatable bonds is 9. The lowest BCUT2D eigenvalue weighted by Crippen LogP contribution is -2.25. The van der Waals surface area contributed by atoms with Crippen molar-refractivity contribution in [1.29, 1.82) is 0 Å². The average Bonchev–Trinajstić information content (AvgIpc) is 2.61. The number of pyridine rings is 1. The van der Waals surface area contributed by atoms with Crippen LogP contribution < -0.4 is 5.32 Å². The maximum Gasteiger partial charge on any atom is 0.220 e. The van der Waals surface area contributed by atoms with E-state index < -0.39 is 0 Å². The van der Waals surface area contributed by atoms with Crippen LogP contribution in [0.15, 0.2) is 54.9 Å². The third-order valence-corrected chi connectivity index (χ3v) is 3.64. The predicted molar refractivity (Wildman–Crippen MR) is 91.0 cm³/mol. The lowest BCUT2D eigenvalue weighted by Gasteiger charge is -2.13. The quantitative estimate of drug-likeness (QED) is 0.723. The highest BCUT2D eigenvalue weighted by atomic mass is 16.5. The number of aryl methyl sites for hydroxylation is 1. The third-order valence-electron chi connectivity index (χ3n) is 3.64. The fourth-order valence-electron chi connectivity index (χ4n) is 2.27. The molecule has 0 bridgehead atoms. The summed E-state index contributed by atoms with van der Waals surface area (Å²) < 4.78 is 5.78. The Hall–Kier alpha value is -2.20. The summed E-state index contributed by atoms with van der Waals surface area (Å²) in [5, 5.41) is 2.93. The summed E-state index contributed by atoms with van der Waals surface area (Å²) in [6.45, 7) is 3.33. The highest BCUT2D eigenvalue weighted by Crippen LogP contribution is 2.15. The van der Waals surface area contributed by atoms with Crippen molar-refractivity contribution in [2.75, 3.05) is 13.2 Å². The molecule has 1 amide bonds. The van der Waals surface area contributed by atoms with Gasteiger partial charge >= 0.3 is 0 Å². The second kappa shape index (κ2) is 9.74. The van der Waals surface area contributed by atoms with E-state index in [9.17, 15) is 4.79 Å². The van der Waals surface area contributed by atoms with Gasteiger partial charge in [-0.05, 0) is 37.0 Å². The number of benzene rings is 1. The molecule has 1 unspecified atom stereocenters. The van der Waals surface area contributed by atoms with Crippen LogP contribution in [-0.4, -0.2) is 24.0 Å². The Morgan fingerprint density at radius 1 is 1.22 bits per heavy atom. The maximum atomic E-state index is 11.8. The smallest absolute Gasteiger partial charge is 0.220 e. The number of carbonyl (C=O) groups excluding carboxylic acids is 1. The molecule has 2 rings (SSSR count). The van der Waals surface area contributed by atoms with Crippen molar-refractivity contribution in [1.82, 2.24) is 10.3 Å². The lowest BCUT2D eigenvalue weighted by atomic mass is 10.1. The van der Waals surface area contributed by atoms with Gasteiger partial charge in [0.25, 0.3) is 0 Å². The second-order valence-electron chi connectivity index (χ2n) is 5.49. The highest BCUT2D eigenvalue weighted by molar-refractivity contribution is 5.76. The number of hydrogen-bond donors (Lipinski definition) is 1. The van der Waals surface area contributed by atoms with Gasteiger partial charge < -0.3 is 10.1 Å². The molecule has 1 atom stereocenters. The van der Waals surface area contributed by atoms with Crippen LogP contribution in [-0.2, 0) is 16.0 Å². The molecule has 4 nitrogen and oxygen atoms in total. The van der Waals surface area contributed by atoms with Crippen LogP contribution in [0.1, 0.15) is 37.0 Å². The van der Waals surface area contributed by atoms with E-state index in [4.69, 9.17) is 4.74 Å². The molecule has 23 heavy (non-hydrogen) atoms. The standard InChI is InChI=1S/C19H24N2O2/c1-16(18-8-3-2-4-9-18)23-14-6-13-21-19(22)11-10-17-7-5-12-20-15-17/h2-5,7-9,12,15-16H,6,10-11,13-14H2,1H3,(H,21,22). The van der Waals surface area contributed by atoms with Crippen molar-refractivity contribution in [2.45, 2.75) is 32.3 Å². The van der Waals surface area contributed by atoms with Crippen LogP contribution in [0, 0.1) is 0 Å². The molecule has 122 valence electrons. The monoisotopic (exact) mass is 312 g/mol. The van der Waals surface area contributed by atoms with Gasteiger partial charge in [0.2, 0.25) is 5.91 Å². The van der Waals surface area contributed by atoms with Crippen molar-refractivity contribution in [3.05, 3.63) is 66.0 Å². The fourth-order valence-corrected chi connectivity index (χ4v) is 2.27. The first-order chi connectivity index (χ1) is 11.3. The number of aromatic nitrogens is 1. The molecule has 1 aromatic heterocycles. The fraction of sp³-hybridized carbons (Fsp3) is 0.368. The Balaban J connectivity index is 1.54. The molecule has 2 aromatic rings. The largest absolute Gasteiger partial charge is 0.374 e. The molecule has 4 heteroatoms. The zero-order valence-corrected chi connectivity index (χ0v) is 13.6. The maximum absolute atomic E-state index is 11.8. The first-order valence-corrected chi connectivity index (χ1v) is 8.08. The van der Waals surface area contributed by atoms with Gasteiger partial charge in [0, 0.05) is 32.0 Å². The lowest BCUT2D eigenvalue weighted by molar-refractivity contribution is -0.121. The third kappa shape index (κ3) is 6.61. The molecule has 0 saturated carbocycles. The first kappa shape index (κ1) is 17.2. The predicted octanol–water partition coefficient (Wildman–Crippen LogP) is 3.30. The molecule has 0 radical (unpaired) electrons. The van der Waals surface area contributed by atoms with E-state index in [2.05, 4.69) is 22.4 Å². The molecule has 0 spiro atoms. The Bertz CT molecular complexity index is 572. The van der Waals surface area contributed by atoms with Gasteiger partial charge in [-0.3, -0.25) is 9.78 Å². The Kier molecular flexibility index (Phi) is 7.27. The minimum Gasteiger partial charge on any atom is -0.374 e. The summed E-state index contributed by atoms with van der Waals surface area (Å²) in [5.41, 5.74) is 2.26. The molecule has 1 N–H and O–H groups in total. The highest BCUT2D eigenvalue weighted by Gasteiger charge is 2.05. The summed E-state index contributed by atoms with van der Waals surface area (Å²) in [6.07, 6.45) is 5.65. The van der Waals surface area contributed by atoms with E-state index in [1.807, 2.05) is 37.3 Å².